The molecule has 0 bridgehead atoms. The lowest BCUT2D eigenvalue weighted by atomic mass is 9.67. The molecule has 1 aliphatic rings. The number of rotatable bonds is 7. The third kappa shape index (κ3) is 5.93. The normalized spacial score (nSPS) is 12.6. The summed E-state index contributed by atoms with van der Waals surface area (Å²) in [6, 6.07) is 83.5. The van der Waals surface area contributed by atoms with Gasteiger partial charge in [0.1, 0.15) is 0 Å². The van der Waals surface area contributed by atoms with Gasteiger partial charge in [-0.2, -0.15) is 0 Å². The fraction of sp³-hybridized carbons (Fsp3) is 0.0169. The van der Waals surface area contributed by atoms with E-state index in [1.54, 1.807) is 0 Å². The zero-order valence-corrected chi connectivity index (χ0v) is 34.6. The van der Waals surface area contributed by atoms with Crippen LogP contribution in [-0.4, -0.2) is 9.97 Å². The molecule has 1 aliphatic carbocycles. The first-order chi connectivity index (χ1) is 30.7. The first-order valence-corrected chi connectivity index (χ1v) is 22.0. The molecule has 0 spiro atoms. The van der Waals surface area contributed by atoms with Crippen molar-refractivity contribution in [1.29, 1.82) is 0 Å². The van der Waals surface area contributed by atoms with Gasteiger partial charge in [-0.1, -0.05) is 194 Å². The molecule has 0 saturated carbocycles. The third-order valence-corrected chi connectivity index (χ3v) is 13.7. The van der Waals surface area contributed by atoms with Crippen LogP contribution in [0, 0.1) is 0 Å². The Morgan fingerprint density at radius 1 is 0.306 bits per heavy atom. The maximum Gasteiger partial charge on any atom is 0.160 e. The molecule has 0 radical (unpaired) electrons. The molecular formula is C59H38N2S. The van der Waals surface area contributed by atoms with Gasteiger partial charge in [-0.15, -0.1) is 11.3 Å². The highest BCUT2D eigenvalue weighted by atomic mass is 32.1. The number of benzene rings is 9. The summed E-state index contributed by atoms with van der Waals surface area (Å²) in [7, 11) is 0. The van der Waals surface area contributed by atoms with Gasteiger partial charge in [0.15, 0.2) is 5.82 Å². The van der Waals surface area contributed by atoms with Gasteiger partial charge in [-0.3, -0.25) is 0 Å². The molecule has 0 amide bonds. The number of aromatic nitrogens is 2. The summed E-state index contributed by atoms with van der Waals surface area (Å²) in [5.74, 6) is 0.702. The first-order valence-electron chi connectivity index (χ1n) is 21.1. The van der Waals surface area contributed by atoms with E-state index >= 15 is 0 Å². The first kappa shape index (κ1) is 36.2. The lowest BCUT2D eigenvalue weighted by Gasteiger charge is -2.34. The SMILES string of the molecule is c1ccc(-c2nc(-c3ccc(-c4ccc5sc6ccccc6c5c4)cc3)cc(-c3cccc(-c4cccc(C5(c6ccccc6)c6ccccc6-c6ccccc65)c4)c3)n2)cc1. The van der Waals surface area contributed by atoms with Crippen molar-refractivity contribution in [2.24, 2.45) is 0 Å². The highest BCUT2D eigenvalue weighted by molar-refractivity contribution is 7.25. The Morgan fingerprint density at radius 3 is 1.58 bits per heavy atom. The van der Waals surface area contributed by atoms with E-state index in [1.807, 2.05) is 29.5 Å². The predicted octanol–water partition coefficient (Wildman–Crippen LogP) is 15.5. The van der Waals surface area contributed by atoms with Crippen molar-refractivity contribution in [3.63, 3.8) is 0 Å². The molecule has 11 aromatic rings. The molecule has 0 aliphatic heterocycles. The molecule has 12 rings (SSSR count). The second-order valence-electron chi connectivity index (χ2n) is 16.1. The van der Waals surface area contributed by atoms with Gasteiger partial charge in [-0.25, -0.2) is 9.97 Å². The summed E-state index contributed by atoms with van der Waals surface area (Å²) in [5.41, 5.74) is 16.7. The van der Waals surface area contributed by atoms with Crippen LogP contribution in [0.3, 0.4) is 0 Å². The maximum absolute atomic E-state index is 5.22. The zero-order valence-electron chi connectivity index (χ0n) is 33.7. The topological polar surface area (TPSA) is 25.8 Å². The fourth-order valence-electron chi connectivity index (χ4n) is 9.70. The van der Waals surface area contributed by atoms with E-state index in [2.05, 4.69) is 212 Å². The van der Waals surface area contributed by atoms with Gasteiger partial charge in [0.25, 0.3) is 0 Å². The Labute approximate surface area is 365 Å². The maximum atomic E-state index is 5.22. The minimum absolute atomic E-state index is 0.464. The second kappa shape index (κ2) is 14.8. The summed E-state index contributed by atoms with van der Waals surface area (Å²) in [6.07, 6.45) is 0. The second-order valence-corrected chi connectivity index (χ2v) is 17.2. The Kier molecular flexibility index (Phi) is 8.62. The van der Waals surface area contributed by atoms with Gasteiger partial charge in [0, 0.05) is 36.9 Å². The summed E-state index contributed by atoms with van der Waals surface area (Å²) < 4.78 is 2.63. The molecule has 290 valence electrons. The van der Waals surface area contributed by atoms with Gasteiger partial charge in [0.2, 0.25) is 0 Å². The summed E-state index contributed by atoms with van der Waals surface area (Å²) >= 11 is 1.85. The van der Waals surface area contributed by atoms with Crippen LogP contribution in [0.5, 0.6) is 0 Å². The molecule has 0 atom stereocenters. The third-order valence-electron chi connectivity index (χ3n) is 12.6. The lowest BCUT2D eigenvalue weighted by Crippen LogP contribution is -2.28. The molecule has 0 unspecified atom stereocenters. The van der Waals surface area contributed by atoms with Crippen molar-refractivity contribution in [3.05, 3.63) is 253 Å². The zero-order chi connectivity index (χ0) is 41.0. The van der Waals surface area contributed by atoms with Gasteiger partial charge in [0.05, 0.1) is 16.8 Å². The van der Waals surface area contributed by atoms with Crippen molar-refractivity contribution in [2.45, 2.75) is 5.41 Å². The van der Waals surface area contributed by atoms with Gasteiger partial charge < -0.3 is 0 Å². The van der Waals surface area contributed by atoms with Crippen molar-refractivity contribution in [3.8, 4) is 67.3 Å². The van der Waals surface area contributed by atoms with E-state index in [4.69, 9.17) is 9.97 Å². The van der Waals surface area contributed by atoms with E-state index in [0.717, 1.165) is 39.2 Å². The average molecular weight is 807 g/mol. The van der Waals surface area contributed by atoms with Gasteiger partial charge in [-0.05, 0) is 92.0 Å². The largest absolute Gasteiger partial charge is 0.228 e. The van der Waals surface area contributed by atoms with Crippen LogP contribution in [-0.2, 0) is 5.41 Å². The molecule has 0 fully saturated rings. The van der Waals surface area contributed by atoms with E-state index in [9.17, 15) is 0 Å². The van der Waals surface area contributed by atoms with E-state index in [-0.39, 0.29) is 0 Å². The minimum Gasteiger partial charge on any atom is -0.228 e. The molecule has 2 nitrogen and oxygen atoms in total. The predicted molar refractivity (Wildman–Crippen MR) is 259 cm³/mol. The Balaban J connectivity index is 0.948. The lowest BCUT2D eigenvalue weighted by molar-refractivity contribution is 0.769. The van der Waals surface area contributed by atoms with Crippen LogP contribution in [0.25, 0.3) is 87.5 Å². The monoisotopic (exact) mass is 806 g/mol. The van der Waals surface area contributed by atoms with Gasteiger partial charge >= 0.3 is 0 Å². The van der Waals surface area contributed by atoms with E-state index in [0.29, 0.717) is 5.82 Å². The smallest absolute Gasteiger partial charge is 0.160 e. The van der Waals surface area contributed by atoms with Crippen LogP contribution in [0.2, 0.25) is 0 Å². The van der Waals surface area contributed by atoms with Crippen LogP contribution < -0.4 is 0 Å². The molecule has 0 N–H and O–H groups in total. The number of thiophene rings is 1. The minimum atomic E-state index is -0.464. The quantitative estimate of drug-likeness (QED) is 0.160. The van der Waals surface area contributed by atoms with Crippen molar-refractivity contribution in [1.82, 2.24) is 9.97 Å². The number of hydrogen-bond acceptors (Lipinski definition) is 3. The standard InChI is InChI=1S/C59H38N2S/c1-3-15-41(16-4-1)58-60-54(40-31-29-39(30-32-40)44-33-34-57-51(37-44)50-25-9-12-28-56(50)62-57)38-55(61-58)45-19-13-17-42(35-45)43-18-14-22-47(36-43)59(46-20-5-2-6-21-46)52-26-10-7-23-48(52)49-24-8-11-27-53(49)59/h1-38H. The number of hydrogen-bond donors (Lipinski definition) is 0. The summed E-state index contributed by atoms with van der Waals surface area (Å²) in [4.78, 5) is 10.4. The highest BCUT2D eigenvalue weighted by Crippen LogP contribution is 2.56. The van der Waals surface area contributed by atoms with Crippen molar-refractivity contribution in [2.75, 3.05) is 0 Å². The van der Waals surface area contributed by atoms with Crippen molar-refractivity contribution >= 4 is 31.5 Å². The molecule has 62 heavy (non-hydrogen) atoms. The number of nitrogens with zero attached hydrogens (tertiary/aromatic N) is 2. The Bertz CT molecular complexity index is 3410. The van der Waals surface area contributed by atoms with Crippen LogP contribution >= 0.6 is 11.3 Å². The molecule has 2 heterocycles. The summed E-state index contributed by atoms with van der Waals surface area (Å²) in [5, 5.41) is 2.62. The summed E-state index contributed by atoms with van der Waals surface area (Å²) in [6.45, 7) is 0. The molecule has 9 aromatic carbocycles. The average Bonchev–Trinajstić information content (AvgIpc) is 3.88. The fourth-order valence-corrected chi connectivity index (χ4v) is 10.8. The van der Waals surface area contributed by atoms with E-state index in [1.165, 1.54) is 64.7 Å². The Hall–Kier alpha value is -7.72. The highest BCUT2D eigenvalue weighted by Gasteiger charge is 2.45. The number of fused-ring (bicyclic) bond motifs is 6. The van der Waals surface area contributed by atoms with Crippen LogP contribution in [0.15, 0.2) is 231 Å². The van der Waals surface area contributed by atoms with E-state index < -0.39 is 5.41 Å². The molecule has 0 saturated heterocycles. The molecular weight excluding hydrogens is 769 g/mol. The van der Waals surface area contributed by atoms with Crippen LogP contribution in [0.1, 0.15) is 22.3 Å². The Morgan fingerprint density at radius 2 is 0.823 bits per heavy atom. The van der Waals surface area contributed by atoms with Crippen molar-refractivity contribution < 1.29 is 0 Å². The molecule has 2 aromatic heterocycles. The molecule has 3 heteroatoms. The van der Waals surface area contributed by atoms with Crippen LogP contribution in [0.4, 0.5) is 0 Å².